The Hall–Kier alpha value is -15.0. The third kappa shape index (κ3) is 17.2. The molecule has 14 N–H and O–H groups in total. The van der Waals surface area contributed by atoms with Gasteiger partial charge in [0.1, 0.15) is 71.0 Å². The van der Waals surface area contributed by atoms with Crippen molar-refractivity contribution in [1.82, 2.24) is 123 Å². The average molecular weight is 1580 g/mol. The third-order valence-corrected chi connectivity index (χ3v) is 18.0. The van der Waals surface area contributed by atoms with Gasteiger partial charge in [-0.25, -0.2) is 93.3 Å². The van der Waals surface area contributed by atoms with E-state index in [-0.39, 0.29) is 21.2 Å². The Morgan fingerprint density at radius 3 is 1.24 bits per heavy atom. The lowest BCUT2D eigenvalue weighted by Crippen LogP contribution is -2.19. The number of amides is 3. The maximum absolute atomic E-state index is 12.3. The number of fused-ring (bicyclic) bond motifs is 5. The number of carbonyl (C=O) groups excluding carboxylic acids is 2. The normalized spacial score (nSPS) is 11.0. The molecule has 0 radical (unpaired) electrons. The molecule has 3 amide bonds. The predicted molar refractivity (Wildman–Crippen MR) is 422 cm³/mol. The highest BCUT2D eigenvalue weighted by atomic mass is 35.5. The van der Waals surface area contributed by atoms with E-state index in [4.69, 9.17) is 57.1 Å². The van der Waals surface area contributed by atoms with Crippen LogP contribution in [0.2, 0.25) is 10.3 Å². The molecule has 39 nitrogen and oxygen atoms in total. The highest BCUT2D eigenvalue weighted by Crippen LogP contribution is 2.28. The van der Waals surface area contributed by atoms with Crippen LogP contribution < -0.4 is 49.3 Å². The Bertz CT molecular complexity index is 6410. The summed E-state index contributed by atoms with van der Waals surface area (Å²) < 4.78 is 36.9. The van der Waals surface area contributed by atoms with Crippen molar-refractivity contribution in [3.63, 3.8) is 0 Å². The second-order valence-electron chi connectivity index (χ2n) is 23.3. The first-order valence-electron chi connectivity index (χ1n) is 32.8. The van der Waals surface area contributed by atoms with Gasteiger partial charge in [0.15, 0.2) is 44.2 Å². The monoisotopic (exact) mass is 1580 g/mol. The van der Waals surface area contributed by atoms with Gasteiger partial charge in [0.05, 0.1) is 98.6 Å². The molecule has 0 aliphatic heterocycles. The molecule has 17 rings (SSSR count). The number of hydrogen-bond donors (Lipinski definition) is 9. The molecule has 0 aliphatic carbocycles. The van der Waals surface area contributed by atoms with Gasteiger partial charge in [-0.2, -0.15) is 43.9 Å². The number of urea groups is 1. The van der Waals surface area contributed by atoms with E-state index in [0.29, 0.717) is 130 Å². The van der Waals surface area contributed by atoms with Crippen LogP contribution in [0, 0.1) is 11.3 Å². The summed E-state index contributed by atoms with van der Waals surface area (Å²) in [6, 6.07) is 34.6. The molecule has 13 heterocycles. The van der Waals surface area contributed by atoms with E-state index < -0.39 is 16.1 Å². The lowest BCUT2D eigenvalue weighted by atomic mass is 10.2. The zero-order valence-electron chi connectivity index (χ0n) is 58.6. The SMILES string of the molecule is CCCC(=O)Nc1ccc(-n2ncc3c(N)ncnc32)cc1.CSc1nccc(-n2ncc3c(N)ncnc32)n1.Cn1cnc(S(=O)(=O)Nc2ccc(-n3ncc4c(N)ncnc43)cc2)c1.N#Cc1ccc(-n2ncc3c(N)ncnc32)cc1.Nc1ncnc2c1cnn2-c1ccc(NC(=O)Nc2cc(Cl)nc(Cl)c2)cc1. The fourth-order valence-electron chi connectivity index (χ4n) is 10.5. The van der Waals surface area contributed by atoms with Crippen LogP contribution in [0.3, 0.4) is 0 Å². The van der Waals surface area contributed by atoms with E-state index in [1.54, 1.807) is 139 Å². The number of nitrogens with one attached hydrogen (secondary N) is 4. The Balaban J connectivity index is 0.000000124. The van der Waals surface area contributed by atoms with Gasteiger partial charge in [-0.1, -0.05) is 41.9 Å². The minimum absolute atomic E-state index is 0.0142. The van der Waals surface area contributed by atoms with Gasteiger partial charge in [-0.05, 0) is 122 Å². The van der Waals surface area contributed by atoms with E-state index >= 15 is 0 Å². The number of nitrogens with two attached hydrogens (primary N) is 5. The van der Waals surface area contributed by atoms with Crippen LogP contribution in [-0.2, 0) is 21.9 Å². The van der Waals surface area contributed by atoms with E-state index in [9.17, 15) is 18.0 Å². The number of hydrogen-bond acceptors (Lipinski definition) is 30. The number of pyridine rings is 1. The van der Waals surface area contributed by atoms with Gasteiger partial charge in [0.2, 0.25) is 5.91 Å². The molecule has 112 heavy (non-hydrogen) atoms. The summed E-state index contributed by atoms with van der Waals surface area (Å²) in [7, 11) is -2.04. The summed E-state index contributed by atoms with van der Waals surface area (Å²) >= 11 is 13.1. The van der Waals surface area contributed by atoms with Crippen molar-refractivity contribution >= 4 is 164 Å². The summed E-state index contributed by atoms with van der Waals surface area (Å²) in [6.07, 6.45) is 22.9. The number of sulfonamides is 1. The maximum atomic E-state index is 12.3. The molecule has 0 atom stereocenters. The van der Waals surface area contributed by atoms with Crippen LogP contribution in [0.25, 0.3) is 83.7 Å². The Kier molecular flexibility index (Phi) is 22.4. The number of aromatic nitrogens is 25. The number of benzene rings is 4. The van der Waals surface area contributed by atoms with Gasteiger partial charge >= 0.3 is 6.03 Å². The molecule has 17 aromatic rings. The Morgan fingerprint density at radius 2 is 0.857 bits per heavy atom. The molecule has 13 aromatic heterocycles. The first kappa shape index (κ1) is 75.2. The number of anilines is 9. The van der Waals surface area contributed by atoms with Crippen LogP contribution in [0.5, 0.6) is 0 Å². The van der Waals surface area contributed by atoms with Crippen LogP contribution in [0.4, 0.5) is 56.6 Å². The summed E-state index contributed by atoms with van der Waals surface area (Å²) in [5, 5.41) is 42.7. The summed E-state index contributed by atoms with van der Waals surface area (Å²) in [5.74, 6) is 2.59. The number of imidazole rings is 1. The van der Waals surface area contributed by atoms with Gasteiger partial charge in [-0.3, -0.25) is 9.52 Å². The Morgan fingerprint density at radius 1 is 0.482 bits per heavy atom. The number of rotatable bonds is 14. The molecule has 0 bridgehead atoms. The van der Waals surface area contributed by atoms with Crippen molar-refractivity contribution in [3.8, 4) is 34.6 Å². The third-order valence-electron chi connectivity index (χ3n) is 15.8. The van der Waals surface area contributed by atoms with Gasteiger partial charge < -0.3 is 49.2 Å². The maximum Gasteiger partial charge on any atom is 0.323 e. The van der Waals surface area contributed by atoms with E-state index in [1.165, 1.54) is 68.1 Å². The standard InChI is InChI=1S/C17H12Cl2N8O.C15H14N8O2S.C15H16N6O.C12H8N6.C10H9N7S/c18-13-5-10(6-14(19)26-13)25-17(28)24-9-1-3-11(4-2-9)27-16-12(7-23-27)15(20)21-8-22-16;1-22-7-13(19-9-22)26(24,25)21-10-2-4-11(5-3-10)23-15-12(6-20-23)14(16)17-8-18-15;1-2-3-13(22)20-10-4-6-11(7-5-10)21-15-12(8-19-21)14(16)17-9-18-15;13-5-8-1-3-9(4-2-8)18-12-10(6-17-18)11(14)15-7-16-12;1-18-10-12-3-2-7(16-10)17-9-6(4-15-17)8(11)13-5-14-9/h1-8H,(H2,20,21,22)(H2,24,25,26,28);2-9,21H,1H3,(H2,16,17,18);4-9H,2-3H2,1H3,(H,20,22)(H2,16,17,18);1-4,6-7H,(H2,14,15,16);2-5H,1H3,(H2,11,13,14). The fraction of sp³-hybridized carbons (Fsp3) is 0.0725. The number of carbonyl (C=O) groups is 2. The van der Waals surface area contributed by atoms with Crippen molar-refractivity contribution < 1.29 is 18.0 Å². The zero-order chi connectivity index (χ0) is 78.6. The molecule has 4 aromatic carbocycles. The van der Waals surface area contributed by atoms with E-state index in [1.807, 2.05) is 49.6 Å². The Labute approximate surface area is 646 Å². The second kappa shape index (κ2) is 33.4. The first-order valence-corrected chi connectivity index (χ1v) is 36.3. The van der Waals surface area contributed by atoms with Gasteiger partial charge in [0.25, 0.3) is 10.0 Å². The van der Waals surface area contributed by atoms with Crippen LogP contribution >= 0.6 is 35.0 Å². The van der Waals surface area contributed by atoms with Crippen molar-refractivity contribution in [2.45, 2.75) is 29.9 Å². The minimum atomic E-state index is -3.74. The minimum Gasteiger partial charge on any atom is -0.383 e. The van der Waals surface area contributed by atoms with Crippen LogP contribution in [0.1, 0.15) is 25.3 Å². The smallest absolute Gasteiger partial charge is 0.323 e. The van der Waals surface area contributed by atoms with Crippen molar-refractivity contribution in [1.29, 1.82) is 5.26 Å². The molecule has 0 saturated carbocycles. The van der Waals surface area contributed by atoms with Crippen molar-refractivity contribution in [2.24, 2.45) is 7.05 Å². The quantitative estimate of drug-likeness (QED) is 0.0278. The summed E-state index contributed by atoms with van der Waals surface area (Å²) in [6.45, 7) is 1.97. The topological polar surface area (TPSA) is 545 Å². The molecular weight excluding hydrogens is 1520 g/mol. The summed E-state index contributed by atoms with van der Waals surface area (Å²) in [4.78, 5) is 80.5. The van der Waals surface area contributed by atoms with Crippen LogP contribution in [0.15, 0.2) is 207 Å². The lowest BCUT2D eigenvalue weighted by Gasteiger charge is -2.09. The molecule has 43 heteroatoms. The number of halogens is 2. The molecule has 0 aliphatic rings. The lowest BCUT2D eigenvalue weighted by molar-refractivity contribution is -0.116. The van der Waals surface area contributed by atoms with Gasteiger partial charge in [0, 0.05) is 54.7 Å². The second-order valence-corrected chi connectivity index (χ2v) is 26.5. The van der Waals surface area contributed by atoms with Crippen molar-refractivity contribution in [3.05, 3.63) is 212 Å². The van der Waals surface area contributed by atoms with Crippen molar-refractivity contribution in [2.75, 3.05) is 55.6 Å². The first-order chi connectivity index (χ1) is 54.2. The number of nitrogens with zero attached hydrogens (tertiary/aromatic N) is 26. The van der Waals surface area contributed by atoms with Gasteiger partial charge in [-0.15, -0.1) is 0 Å². The van der Waals surface area contributed by atoms with E-state index in [0.717, 1.165) is 29.2 Å². The number of aryl methyl sites for hydroxylation is 1. The highest BCUT2D eigenvalue weighted by molar-refractivity contribution is 7.98. The number of nitrogen functional groups attached to an aromatic ring is 5. The molecule has 0 unspecified atom stereocenters. The summed E-state index contributed by atoms with van der Waals surface area (Å²) in [5.41, 5.74) is 37.9. The largest absolute Gasteiger partial charge is 0.383 e. The molecule has 0 spiro atoms. The number of thioether (sulfide) groups is 1. The molecule has 560 valence electrons. The van der Waals surface area contributed by atoms with E-state index in [2.05, 4.69) is 122 Å². The van der Waals surface area contributed by atoms with Crippen LogP contribution in [-0.4, -0.2) is 150 Å². The number of nitriles is 1. The molecule has 0 saturated heterocycles. The predicted octanol–water partition coefficient (Wildman–Crippen LogP) is 8.99. The molecule has 0 fully saturated rings. The fourth-order valence-corrected chi connectivity index (χ4v) is 12.4. The highest BCUT2D eigenvalue weighted by Gasteiger charge is 2.20. The average Bonchev–Trinajstić information content (AvgIpc) is 1.67. The zero-order valence-corrected chi connectivity index (χ0v) is 61.8. The molecular formula is C69H59Cl2N35O4S2.